The highest BCUT2D eigenvalue weighted by molar-refractivity contribution is 7.89. The van der Waals surface area contributed by atoms with Crippen LogP contribution >= 0.6 is 0 Å². The van der Waals surface area contributed by atoms with E-state index in [-0.39, 0.29) is 10.8 Å². The summed E-state index contributed by atoms with van der Waals surface area (Å²) in [6, 6.07) is 6.71. The quantitative estimate of drug-likeness (QED) is 0.804. The van der Waals surface area contributed by atoms with Gasteiger partial charge < -0.3 is 10.0 Å². The van der Waals surface area contributed by atoms with Gasteiger partial charge in [0.25, 0.3) is 5.91 Å². The molecular weight excluding hydrogens is 356 g/mol. The van der Waals surface area contributed by atoms with Crippen LogP contribution in [0, 0.1) is 5.92 Å². The fourth-order valence-electron chi connectivity index (χ4n) is 3.27. The van der Waals surface area contributed by atoms with Gasteiger partial charge in [-0.3, -0.25) is 9.59 Å². The van der Waals surface area contributed by atoms with E-state index < -0.39 is 28.0 Å². The van der Waals surface area contributed by atoms with Crippen LogP contribution in [0.3, 0.4) is 0 Å². The van der Waals surface area contributed by atoms with Crippen LogP contribution in [0.1, 0.15) is 31.1 Å². The van der Waals surface area contributed by atoms with Gasteiger partial charge >= 0.3 is 5.97 Å². The van der Waals surface area contributed by atoms with Crippen molar-refractivity contribution in [1.29, 1.82) is 0 Å². The Labute approximate surface area is 151 Å². The first-order valence-electron chi connectivity index (χ1n) is 8.31. The number of aliphatic carboxylic acids is 1. The molecule has 2 aromatic carbocycles. The SMILES string of the molecule is CCN1C(=O)c2cccc3c(S(=O)(=O)N[C@@H](C(=O)O)C(C)C)ccc1c23. The van der Waals surface area contributed by atoms with Crippen molar-refractivity contribution in [2.45, 2.75) is 31.7 Å². The van der Waals surface area contributed by atoms with E-state index in [4.69, 9.17) is 0 Å². The summed E-state index contributed by atoms with van der Waals surface area (Å²) >= 11 is 0. The van der Waals surface area contributed by atoms with Crippen LogP contribution < -0.4 is 9.62 Å². The Bertz CT molecular complexity index is 1010. The first-order chi connectivity index (χ1) is 12.2. The van der Waals surface area contributed by atoms with Gasteiger partial charge in [0.1, 0.15) is 6.04 Å². The van der Waals surface area contributed by atoms with Crippen LogP contribution in [0.5, 0.6) is 0 Å². The summed E-state index contributed by atoms with van der Waals surface area (Å²) < 4.78 is 28.0. The second kappa shape index (κ2) is 6.37. The van der Waals surface area contributed by atoms with Crippen molar-refractivity contribution in [1.82, 2.24) is 4.72 Å². The average molecular weight is 376 g/mol. The number of carbonyl (C=O) groups excluding carboxylic acids is 1. The van der Waals surface area contributed by atoms with Gasteiger partial charge in [0, 0.05) is 22.9 Å². The van der Waals surface area contributed by atoms with Crippen LogP contribution in [0.4, 0.5) is 5.69 Å². The number of benzene rings is 2. The van der Waals surface area contributed by atoms with Gasteiger partial charge in [0.2, 0.25) is 10.0 Å². The van der Waals surface area contributed by atoms with E-state index in [0.717, 1.165) is 0 Å². The molecule has 3 rings (SSSR count). The smallest absolute Gasteiger partial charge is 0.322 e. The molecule has 1 atom stereocenters. The highest BCUT2D eigenvalue weighted by Gasteiger charge is 2.33. The Balaban J connectivity index is 2.18. The summed E-state index contributed by atoms with van der Waals surface area (Å²) in [6.07, 6.45) is 0. The van der Waals surface area contributed by atoms with Crippen LogP contribution in [-0.4, -0.2) is 38.0 Å². The molecule has 138 valence electrons. The van der Waals surface area contributed by atoms with E-state index in [9.17, 15) is 23.1 Å². The summed E-state index contributed by atoms with van der Waals surface area (Å²) in [5.41, 5.74) is 1.12. The maximum absolute atomic E-state index is 12.9. The van der Waals surface area contributed by atoms with Gasteiger partial charge in [-0.1, -0.05) is 26.0 Å². The summed E-state index contributed by atoms with van der Waals surface area (Å²) in [6.45, 7) is 5.59. The molecule has 0 radical (unpaired) electrons. The molecule has 0 saturated heterocycles. The zero-order valence-corrected chi connectivity index (χ0v) is 15.5. The maximum Gasteiger partial charge on any atom is 0.322 e. The van der Waals surface area contributed by atoms with Gasteiger partial charge in [-0.15, -0.1) is 0 Å². The van der Waals surface area contributed by atoms with Crippen LogP contribution in [0.15, 0.2) is 35.2 Å². The molecule has 1 aliphatic heterocycles. The van der Waals surface area contributed by atoms with E-state index in [1.54, 1.807) is 43.0 Å². The van der Waals surface area contributed by atoms with Crippen molar-refractivity contribution in [3.8, 4) is 0 Å². The number of hydrogen-bond donors (Lipinski definition) is 2. The number of hydrogen-bond acceptors (Lipinski definition) is 4. The molecule has 0 bridgehead atoms. The number of carbonyl (C=O) groups is 2. The number of carboxylic acids is 1. The van der Waals surface area contributed by atoms with Gasteiger partial charge in [-0.05, 0) is 31.0 Å². The van der Waals surface area contributed by atoms with E-state index >= 15 is 0 Å². The van der Waals surface area contributed by atoms with Crippen molar-refractivity contribution < 1.29 is 23.1 Å². The summed E-state index contributed by atoms with van der Waals surface area (Å²) in [5, 5.41) is 10.3. The molecule has 1 amide bonds. The molecule has 2 N–H and O–H groups in total. The van der Waals surface area contributed by atoms with E-state index in [2.05, 4.69) is 4.72 Å². The molecular formula is C18H20N2O5S. The minimum Gasteiger partial charge on any atom is -0.480 e. The first-order valence-corrected chi connectivity index (χ1v) is 9.80. The predicted octanol–water partition coefficient (Wildman–Crippen LogP) is 2.21. The number of rotatable bonds is 6. The lowest BCUT2D eigenvalue weighted by Gasteiger charge is -2.19. The molecule has 26 heavy (non-hydrogen) atoms. The van der Waals surface area contributed by atoms with Gasteiger partial charge in [0.15, 0.2) is 0 Å². The number of nitrogens with one attached hydrogen (secondary N) is 1. The van der Waals surface area contributed by atoms with E-state index in [1.165, 1.54) is 6.07 Å². The topological polar surface area (TPSA) is 104 Å². The first kappa shape index (κ1) is 18.3. The van der Waals surface area contributed by atoms with Crippen molar-refractivity contribution in [3.63, 3.8) is 0 Å². The van der Waals surface area contributed by atoms with Crippen molar-refractivity contribution in [3.05, 3.63) is 35.9 Å². The predicted molar refractivity (Wildman–Crippen MR) is 97.9 cm³/mol. The lowest BCUT2D eigenvalue weighted by molar-refractivity contribution is -0.140. The fraction of sp³-hybridized carbons (Fsp3) is 0.333. The normalized spacial score (nSPS) is 15.1. The molecule has 0 unspecified atom stereocenters. The number of nitrogens with zero attached hydrogens (tertiary/aromatic N) is 1. The Kier molecular flexibility index (Phi) is 4.49. The summed E-state index contributed by atoms with van der Waals surface area (Å²) in [4.78, 5) is 25.4. The van der Waals surface area contributed by atoms with Crippen molar-refractivity contribution in [2.75, 3.05) is 11.4 Å². The minimum atomic E-state index is -4.08. The average Bonchev–Trinajstić information content (AvgIpc) is 2.86. The minimum absolute atomic E-state index is 0.0317. The molecule has 1 heterocycles. The number of carboxylic acid groups (broad SMARTS) is 1. The highest BCUT2D eigenvalue weighted by Crippen LogP contribution is 2.39. The third kappa shape index (κ3) is 2.75. The van der Waals surface area contributed by atoms with E-state index in [0.29, 0.717) is 28.6 Å². The second-order valence-corrected chi connectivity index (χ2v) is 8.22. The monoisotopic (exact) mass is 376 g/mol. The van der Waals surface area contributed by atoms with Crippen molar-refractivity contribution >= 4 is 38.4 Å². The molecule has 0 aromatic heterocycles. The zero-order valence-electron chi connectivity index (χ0n) is 14.7. The van der Waals surface area contributed by atoms with Gasteiger partial charge in [-0.2, -0.15) is 4.72 Å². The molecule has 0 fully saturated rings. The summed E-state index contributed by atoms with van der Waals surface area (Å²) in [5.74, 6) is -1.82. The number of anilines is 1. The number of sulfonamides is 1. The Morgan fingerprint density at radius 3 is 2.50 bits per heavy atom. The molecule has 0 saturated carbocycles. The highest BCUT2D eigenvalue weighted by atomic mass is 32.2. The van der Waals surface area contributed by atoms with Crippen LogP contribution in [-0.2, 0) is 14.8 Å². The second-order valence-electron chi connectivity index (χ2n) is 6.54. The number of amides is 1. The third-order valence-corrected chi connectivity index (χ3v) is 6.06. The largest absolute Gasteiger partial charge is 0.480 e. The Morgan fingerprint density at radius 2 is 1.92 bits per heavy atom. The third-order valence-electron chi connectivity index (χ3n) is 4.57. The van der Waals surface area contributed by atoms with Gasteiger partial charge in [0.05, 0.1) is 10.6 Å². The molecule has 8 heteroatoms. The molecule has 2 aromatic rings. The fourth-order valence-corrected chi connectivity index (χ4v) is 4.81. The standard InChI is InChI=1S/C18H20N2O5S/c1-4-20-13-8-9-14(11-6-5-7-12(15(11)13)17(20)21)26(24,25)19-16(10(2)3)18(22)23/h5-10,16,19H,4H2,1-3H3,(H,22,23)/t16-/m1/s1. The van der Waals surface area contributed by atoms with Crippen molar-refractivity contribution in [2.24, 2.45) is 5.92 Å². The van der Waals surface area contributed by atoms with E-state index in [1.807, 2.05) is 6.92 Å². The lowest BCUT2D eigenvalue weighted by Crippen LogP contribution is -2.44. The molecule has 0 aliphatic carbocycles. The summed E-state index contributed by atoms with van der Waals surface area (Å²) in [7, 11) is -4.08. The van der Waals surface area contributed by atoms with Crippen LogP contribution in [0.2, 0.25) is 0 Å². The Hall–Kier alpha value is -2.45. The maximum atomic E-state index is 12.9. The van der Waals surface area contributed by atoms with Crippen LogP contribution in [0.25, 0.3) is 10.8 Å². The molecule has 1 aliphatic rings. The Morgan fingerprint density at radius 1 is 1.23 bits per heavy atom. The lowest BCUT2D eigenvalue weighted by atomic mass is 10.1. The molecule has 0 spiro atoms. The van der Waals surface area contributed by atoms with Gasteiger partial charge in [-0.25, -0.2) is 8.42 Å². The zero-order chi connectivity index (χ0) is 19.2. The molecule has 7 nitrogen and oxygen atoms in total.